The maximum atomic E-state index is 11.7. The zero-order valence-corrected chi connectivity index (χ0v) is 15.1. The predicted molar refractivity (Wildman–Crippen MR) is 94.0 cm³/mol. The molecule has 1 heterocycles. The Labute approximate surface area is 151 Å². The van der Waals surface area contributed by atoms with E-state index in [2.05, 4.69) is 4.98 Å². The minimum absolute atomic E-state index is 0.0877. The highest BCUT2D eigenvalue weighted by Crippen LogP contribution is 2.40. The van der Waals surface area contributed by atoms with Crippen LogP contribution in [0.25, 0.3) is 10.2 Å². The Morgan fingerprint density at radius 2 is 1.84 bits per heavy atom. The van der Waals surface area contributed by atoms with Crippen molar-refractivity contribution in [1.29, 1.82) is 0 Å². The fourth-order valence-corrected chi connectivity index (χ4v) is 4.83. The van der Waals surface area contributed by atoms with Crippen LogP contribution < -0.4 is 0 Å². The Kier molecular flexibility index (Phi) is 5.69. The monoisotopic (exact) mass is 383 g/mol. The van der Waals surface area contributed by atoms with Crippen LogP contribution in [-0.4, -0.2) is 44.0 Å². The fraction of sp³-hybridized carbons (Fsp3) is 0.375. The number of carboxylic acids is 3. The van der Waals surface area contributed by atoms with Crippen molar-refractivity contribution in [2.24, 2.45) is 17.3 Å². The van der Waals surface area contributed by atoms with Crippen molar-refractivity contribution < 1.29 is 29.7 Å². The van der Waals surface area contributed by atoms with E-state index in [4.69, 9.17) is 0 Å². The molecule has 0 bridgehead atoms. The van der Waals surface area contributed by atoms with Crippen molar-refractivity contribution in [2.75, 3.05) is 5.75 Å². The molecule has 3 unspecified atom stereocenters. The van der Waals surface area contributed by atoms with Gasteiger partial charge < -0.3 is 15.3 Å². The number of carboxylic acid groups (broad SMARTS) is 3. The van der Waals surface area contributed by atoms with Crippen LogP contribution in [0.4, 0.5) is 0 Å². The third-order valence-corrected chi connectivity index (χ3v) is 6.67. The number of fused-ring (bicyclic) bond motifs is 1. The molecule has 0 aliphatic carbocycles. The molecule has 134 valence electrons. The highest BCUT2D eigenvalue weighted by Gasteiger charge is 2.52. The van der Waals surface area contributed by atoms with Gasteiger partial charge in [0, 0.05) is 5.75 Å². The molecule has 1 aromatic heterocycles. The van der Waals surface area contributed by atoms with Crippen molar-refractivity contribution in [3.05, 3.63) is 24.3 Å². The molecule has 1 aromatic carbocycles. The Morgan fingerprint density at radius 3 is 2.36 bits per heavy atom. The average Bonchev–Trinajstić information content (AvgIpc) is 2.96. The first-order chi connectivity index (χ1) is 11.7. The Morgan fingerprint density at radius 1 is 1.20 bits per heavy atom. The molecule has 3 atom stereocenters. The largest absolute Gasteiger partial charge is 0.481 e. The maximum absolute atomic E-state index is 11.7. The second-order valence-electron chi connectivity index (χ2n) is 5.80. The molecule has 3 N–H and O–H groups in total. The molecular weight excluding hydrogens is 366 g/mol. The first-order valence-electron chi connectivity index (χ1n) is 7.35. The van der Waals surface area contributed by atoms with Crippen molar-refractivity contribution in [3.8, 4) is 0 Å². The third kappa shape index (κ3) is 3.77. The second kappa shape index (κ2) is 7.40. The maximum Gasteiger partial charge on any atom is 0.311 e. The smallest absolute Gasteiger partial charge is 0.311 e. The highest BCUT2D eigenvalue weighted by atomic mass is 32.2. The van der Waals surface area contributed by atoms with E-state index in [-0.39, 0.29) is 5.75 Å². The van der Waals surface area contributed by atoms with Gasteiger partial charge in [-0.3, -0.25) is 14.4 Å². The van der Waals surface area contributed by atoms with Crippen LogP contribution in [0.2, 0.25) is 0 Å². The van der Waals surface area contributed by atoms with Gasteiger partial charge in [0.05, 0.1) is 27.5 Å². The van der Waals surface area contributed by atoms with E-state index in [0.717, 1.165) is 22.0 Å². The summed E-state index contributed by atoms with van der Waals surface area (Å²) in [4.78, 5) is 39.1. The summed E-state index contributed by atoms with van der Waals surface area (Å²) in [6, 6.07) is 7.43. The van der Waals surface area contributed by atoms with Crippen LogP contribution >= 0.6 is 23.1 Å². The first-order valence-corrected chi connectivity index (χ1v) is 9.15. The van der Waals surface area contributed by atoms with Crippen LogP contribution in [0.5, 0.6) is 0 Å². The molecule has 9 heteroatoms. The molecular formula is C16H17NO6S2. The van der Waals surface area contributed by atoms with Gasteiger partial charge in [0.15, 0.2) is 4.34 Å². The summed E-state index contributed by atoms with van der Waals surface area (Å²) in [6.45, 7) is 2.39. The number of benzene rings is 1. The molecule has 0 spiro atoms. The zero-order chi connectivity index (χ0) is 18.8. The topological polar surface area (TPSA) is 125 Å². The third-order valence-electron chi connectivity index (χ3n) is 4.40. The predicted octanol–water partition coefficient (Wildman–Crippen LogP) is 2.90. The molecule has 2 aromatic rings. The molecule has 0 saturated heterocycles. The molecule has 0 fully saturated rings. The van der Waals surface area contributed by atoms with E-state index in [1.54, 1.807) is 0 Å². The van der Waals surface area contributed by atoms with E-state index < -0.39 is 35.2 Å². The van der Waals surface area contributed by atoms with E-state index in [0.29, 0.717) is 4.34 Å². The van der Waals surface area contributed by atoms with Gasteiger partial charge in [-0.2, -0.15) is 0 Å². The molecule has 7 nitrogen and oxygen atoms in total. The molecule has 2 rings (SSSR count). The van der Waals surface area contributed by atoms with Gasteiger partial charge in [-0.25, -0.2) is 4.98 Å². The van der Waals surface area contributed by atoms with Crippen LogP contribution in [0.3, 0.4) is 0 Å². The van der Waals surface area contributed by atoms with Gasteiger partial charge in [-0.05, 0) is 19.1 Å². The Hall–Kier alpha value is -2.13. The number of thioether (sulfide) groups is 1. The van der Waals surface area contributed by atoms with Crippen LogP contribution in [0.15, 0.2) is 28.6 Å². The quantitative estimate of drug-likeness (QED) is 0.594. The average molecular weight is 383 g/mol. The molecule has 0 aliphatic heterocycles. The molecule has 0 amide bonds. The van der Waals surface area contributed by atoms with E-state index in [1.807, 2.05) is 24.3 Å². The van der Waals surface area contributed by atoms with Gasteiger partial charge in [-0.1, -0.05) is 30.8 Å². The fourth-order valence-electron chi connectivity index (χ4n) is 2.46. The molecule has 0 aliphatic rings. The molecule has 0 radical (unpaired) electrons. The normalized spacial score (nSPS) is 16.1. The minimum atomic E-state index is -1.94. The zero-order valence-electron chi connectivity index (χ0n) is 13.5. The van der Waals surface area contributed by atoms with Gasteiger partial charge in [0.25, 0.3) is 0 Å². The Balaban J connectivity index is 2.28. The summed E-state index contributed by atoms with van der Waals surface area (Å²) < 4.78 is 1.56. The van der Waals surface area contributed by atoms with Gasteiger partial charge >= 0.3 is 17.9 Å². The lowest BCUT2D eigenvalue weighted by Gasteiger charge is -2.34. The highest BCUT2D eigenvalue weighted by molar-refractivity contribution is 8.01. The summed E-state index contributed by atoms with van der Waals surface area (Å²) in [5, 5.41) is 28.3. The minimum Gasteiger partial charge on any atom is -0.481 e. The lowest BCUT2D eigenvalue weighted by atomic mass is 9.69. The summed E-state index contributed by atoms with van der Waals surface area (Å²) in [5.41, 5.74) is -1.16. The van der Waals surface area contributed by atoms with Crippen molar-refractivity contribution >= 4 is 51.2 Å². The number of hydrogen-bond donors (Lipinski definition) is 3. The number of hydrogen-bond acceptors (Lipinski definition) is 6. The molecule has 0 saturated carbocycles. The number of para-hydroxylation sites is 1. The SMILES string of the molecule is CC(C(=O)O)C(C)(C(=O)O)C(CSc1nc2ccccc2s1)C(=O)O. The Bertz CT molecular complexity index is 787. The number of aliphatic carboxylic acids is 3. The molecule has 25 heavy (non-hydrogen) atoms. The van der Waals surface area contributed by atoms with Crippen molar-refractivity contribution in [2.45, 2.75) is 18.2 Å². The summed E-state index contributed by atoms with van der Waals surface area (Å²) in [5.74, 6) is -6.96. The van der Waals surface area contributed by atoms with Gasteiger partial charge in [0.2, 0.25) is 0 Å². The van der Waals surface area contributed by atoms with Crippen LogP contribution in [-0.2, 0) is 14.4 Å². The standard InChI is InChI=1S/C16H17NO6S2/c1-8(12(18)19)16(2,14(22)23)9(13(20)21)7-24-15-17-10-5-3-4-6-11(10)25-15/h3-6,8-9H,7H2,1-2H3,(H,18,19)(H,20,21)(H,22,23). The van der Waals surface area contributed by atoms with E-state index >= 15 is 0 Å². The van der Waals surface area contributed by atoms with Gasteiger partial charge in [0.1, 0.15) is 0 Å². The van der Waals surface area contributed by atoms with Crippen LogP contribution in [0.1, 0.15) is 13.8 Å². The number of carbonyl (C=O) groups is 3. The van der Waals surface area contributed by atoms with E-state index in [9.17, 15) is 29.7 Å². The summed E-state index contributed by atoms with van der Waals surface area (Å²) in [7, 11) is 0. The second-order valence-corrected chi connectivity index (χ2v) is 8.09. The lowest BCUT2D eigenvalue weighted by molar-refractivity contribution is -0.170. The van der Waals surface area contributed by atoms with Crippen molar-refractivity contribution in [3.63, 3.8) is 0 Å². The van der Waals surface area contributed by atoms with Crippen LogP contribution in [0, 0.1) is 17.3 Å². The first kappa shape index (κ1) is 19.2. The number of nitrogens with zero attached hydrogens (tertiary/aromatic N) is 1. The number of thiazole rings is 1. The number of rotatable bonds is 8. The van der Waals surface area contributed by atoms with E-state index in [1.165, 1.54) is 25.2 Å². The summed E-state index contributed by atoms with van der Waals surface area (Å²) in [6.07, 6.45) is 0. The number of aromatic nitrogens is 1. The van der Waals surface area contributed by atoms with Crippen molar-refractivity contribution in [1.82, 2.24) is 4.98 Å². The van der Waals surface area contributed by atoms with Gasteiger partial charge in [-0.15, -0.1) is 11.3 Å². The lowest BCUT2D eigenvalue weighted by Crippen LogP contribution is -2.48. The summed E-state index contributed by atoms with van der Waals surface area (Å²) >= 11 is 2.51.